The van der Waals surface area contributed by atoms with Crippen LogP contribution in [0.15, 0.2) is 133 Å². The summed E-state index contributed by atoms with van der Waals surface area (Å²) in [6.45, 7) is 11.1. The molecule has 4 nitrogen and oxygen atoms in total. The Morgan fingerprint density at radius 2 is 1.02 bits per heavy atom. The third-order valence-electron chi connectivity index (χ3n) is 7.05. The molecule has 0 aliphatic rings. The van der Waals surface area contributed by atoms with Crippen LogP contribution in [0.3, 0.4) is 0 Å². The predicted molar refractivity (Wildman–Crippen MR) is 187 cm³/mol. The first kappa shape index (κ1) is 36.0. The first-order valence-electron chi connectivity index (χ1n) is 15.0. The van der Waals surface area contributed by atoms with E-state index in [2.05, 4.69) is 46.4 Å². The van der Waals surface area contributed by atoms with Crippen molar-refractivity contribution in [3.05, 3.63) is 146 Å². The van der Waals surface area contributed by atoms with Crippen molar-refractivity contribution in [2.45, 2.75) is 41.5 Å². The van der Waals surface area contributed by atoms with E-state index in [4.69, 9.17) is 0 Å². The van der Waals surface area contributed by atoms with Crippen LogP contribution in [0.1, 0.15) is 41.5 Å². The van der Waals surface area contributed by atoms with E-state index in [0.29, 0.717) is 0 Å². The van der Waals surface area contributed by atoms with E-state index in [1.807, 2.05) is 139 Å². The SMILES string of the molecule is CC(C)(C)C(=O)/C=C(\O)C(C)(C)C.[Ir].[c-]1ccccc1-c1nccc2ccccc12.[c-]1ccccc1-c1nccc2ccccc12. The Balaban J connectivity index is 0.000000188. The largest absolute Gasteiger partial charge is 0.512 e. The van der Waals surface area contributed by atoms with Crippen LogP contribution < -0.4 is 0 Å². The molecule has 0 fully saturated rings. The molecule has 5 heteroatoms. The molecule has 1 radical (unpaired) electrons. The van der Waals surface area contributed by atoms with Crippen molar-refractivity contribution in [2.75, 3.05) is 0 Å². The Morgan fingerprint density at radius 3 is 1.39 bits per heavy atom. The van der Waals surface area contributed by atoms with Gasteiger partial charge in [-0.3, -0.25) is 4.79 Å². The Kier molecular flexibility index (Phi) is 12.7. The number of nitrogens with zero attached hydrogens (tertiary/aromatic N) is 2. The maximum absolute atomic E-state index is 11.5. The molecule has 0 saturated heterocycles. The van der Waals surface area contributed by atoms with E-state index in [1.165, 1.54) is 27.6 Å². The fourth-order valence-electron chi connectivity index (χ4n) is 4.31. The number of hydrogen-bond donors (Lipinski definition) is 1. The quantitative estimate of drug-likeness (QED) is 0.110. The van der Waals surface area contributed by atoms with Gasteiger partial charge < -0.3 is 15.1 Å². The van der Waals surface area contributed by atoms with E-state index >= 15 is 0 Å². The second-order valence-electron chi connectivity index (χ2n) is 12.7. The second kappa shape index (κ2) is 16.2. The van der Waals surface area contributed by atoms with Gasteiger partial charge in [0.25, 0.3) is 0 Å². The molecular formula is C41H40IrN2O2-2. The molecule has 1 N–H and O–H groups in total. The molecular weight excluding hydrogens is 745 g/mol. The fourth-order valence-corrected chi connectivity index (χ4v) is 4.31. The maximum atomic E-state index is 11.5. The van der Waals surface area contributed by atoms with Gasteiger partial charge in [0, 0.05) is 49.4 Å². The molecule has 237 valence electrons. The van der Waals surface area contributed by atoms with Gasteiger partial charge >= 0.3 is 0 Å². The molecule has 0 saturated carbocycles. The number of allylic oxidation sites excluding steroid dienone is 2. The molecule has 4 aromatic carbocycles. The molecule has 0 aliphatic heterocycles. The van der Waals surface area contributed by atoms with E-state index in [0.717, 1.165) is 22.5 Å². The summed E-state index contributed by atoms with van der Waals surface area (Å²) >= 11 is 0. The summed E-state index contributed by atoms with van der Waals surface area (Å²) in [5.74, 6) is 0.104. The summed E-state index contributed by atoms with van der Waals surface area (Å²) in [4.78, 5) is 20.4. The van der Waals surface area contributed by atoms with Crippen molar-refractivity contribution in [1.29, 1.82) is 0 Å². The van der Waals surface area contributed by atoms with Crippen molar-refractivity contribution < 1.29 is 30.0 Å². The van der Waals surface area contributed by atoms with Crippen LogP contribution in [0.4, 0.5) is 0 Å². The molecule has 6 rings (SSSR count). The van der Waals surface area contributed by atoms with Gasteiger partial charge in [-0.1, -0.05) is 90.1 Å². The average Bonchev–Trinajstić information content (AvgIpc) is 3.05. The Morgan fingerprint density at radius 1 is 0.609 bits per heavy atom. The molecule has 0 amide bonds. The first-order valence-corrected chi connectivity index (χ1v) is 15.0. The van der Waals surface area contributed by atoms with Gasteiger partial charge in [0.2, 0.25) is 0 Å². The number of aliphatic hydroxyl groups is 1. The molecule has 0 atom stereocenters. The summed E-state index contributed by atoms with van der Waals surface area (Å²) in [5, 5.41) is 14.3. The average molecular weight is 785 g/mol. The summed E-state index contributed by atoms with van der Waals surface area (Å²) in [6, 6.07) is 42.9. The van der Waals surface area contributed by atoms with Crippen LogP contribution in [0.2, 0.25) is 0 Å². The van der Waals surface area contributed by atoms with E-state index in [1.54, 1.807) is 0 Å². The normalized spacial score (nSPS) is 11.4. The van der Waals surface area contributed by atoms with Gasteiger partial charge in [-0.2, -0.15) is 0 Å². The summed E-state index contributed by atoms with van der Waals surface area (Å²) in [6.07, 6.45) is 5.02. The molecule has 2 heterocycles. The standard InChI is InChI=1S/2C15H10N.C11H20O2.Ir/c2*1-2-7-13(8-3-1)15-14-9-5-4-6-12(14)10-11-16-15;1-10(2,3)8(12)7-9(13)11(4,5)6;/h2*1-7,9-11H;7,12H,1-6H3;/q2*-1;;/b;;8-7-;. The van der Waals surface area contributed by atoms with Crippen LogP contribution in [-0.2, 0) is 24.9 Å². The van der Waals surface area contributed by atoms with Gasteiger partial charge in [-0.25, -0.2) is 0 Å². The molecule has 2 aromatic heterocycles. The van der Waals surface area contributed by atoms with Gasteiger partial charge in [0.1, 0.15) is 5.76 Å². The van der Waals surface area contributed by atoms with Gasteiger partial charge in [0.05, 0.1) is 0 Å². The number of carbonyl (C=O) groups is 1. The topological polar surface area (TPSA) is 63.1 Å². The Hall–Kier alpha value is -4.44. The van der Waals surface area contributed by atoms with Gasteiger partial charge in [0.15, 0.2) is 5.78 Å². The van der Waals surface area contributed by atoms with Crippen LogP contribution in [-0.4, -0.2) is 20.9 Å². The van der Waals surface area contributed by atoms with Crippen molar-refractivity contribution in [3.8, 4) is 22.5 Å². The van der Waals surface area contributed by atoms with Crippen LogP contribution in [0, 0.1) is 23.0 Å². The number of pyridine rings is 2. The van der Waals surface area contributed by atoms with Crippen LogP contribution >= 0.6 is 0 Å². The third-order valence-corrected chi connectivity index (χ3v) is 7.05. The zero-order valence-electron chi connectivity index (χ0n) is 27.2. The predicted octanol–water partition coefficient (Wildman–Crippen LogP) is 10.5. The third kappa shape index (κ3) is 9.78. The monoisotopic (exact) mass is 785 g/mol. The maximum Gasteiger partial charge on any atom is 0.164 e. The van der Waals surface area contributed by atoms with Crippen molar-refractivity contribution >= 4 is 27.3 Å². The number of ketones is 1. The Bertz CT molecular complexity index is 1760. The smallest absolute Gasteiger partial charge is 0.164 e. The molecule has 0 unspecified atom stereocenters. The first-order chi connectivity index (χ1) is 21.4. The molecule has 0 bridgehead atoms. The number of rotatable bonds is 3. The van der Waals surface area contributed by atoms with Gasteiger partial charge in [-0.15, -0.1) is 71.8 Å². The van der Waals surface area contributed by atoms with E-state index in [9.17, 15) is 9.90 Å². The molecule has 0 aliphatic carbocycles. The second-order valence-corrected chi connectivity index (χ2v) is 12.7. The number of carbonyl (C=O) groups excluding carboxylic acids is 1. The van der Waals surface area contributed by atoms with E-state index in [-0.39, 0.29) is 37.1 Å². The number of hydrogen-bond acceptors (Lipinski definition) is 4. The Labute approximate surface area is 286 Å². The number of benzene rings is 4. The molecule has 6 aromatic rings. The van der Waals surface area contributed by atoms with Crippen LogP contribution in [0.5, 0.6) is 0 Å². The fraction of sp³-hybridized carbons (Fsp3) is 0.195. The van der Waals surface area contributed by atoms with Crippen LogP contribution in [0.25, 0.3) is 44.1 Å². The zero-order chi connectivity index (χ0) is 32.5. The minimum absolute atomic E-state index is 0. The van der Waals surface area contributed by atoms with Crippen molar-refractivity contribution in [1.82, 2.24) is 9.97 Å². The van der Waals surface area contributed by atoms with Crippen molar-refractivity contribution in [2.24, 2.45) is 10.8 Å². The minimum Gasteiger partial charge on any atom is -0.512 e. The molecule has 0 spiro atoms. The summed E-state index contributed by atoms with van der Waals surface area (Å²) in [7, 11) is 0. The molecule has 46 heavy (non-hydrogen) atoms. The van der Waals surface area contributed by atoms with E-state index < -0.39 is 5.41 Å². The van der Waals surface area contributed by atoms with Gasteiger partial charge in [-0.05, 0) is 45.1 Å². The van der Waals surface area contributed by atoms with Crippen molar-refractivity contribution in [3.63, 3.8) is 0 Å². The number of aliphatic hydroxyl groups excluding tert-OH is 1. The summed E-state index contributed by atoms with van der Waals surface area (Å²) < 4.78 is 0. The summed E-state index contributed by atoms with van der Waals surface area (Å²) in [5.41, 5.74) is 3.32. The zero-order valence-corrected chi connectivity index (χ0v) is 29.6. The number of fused-ring (bicyclic) bond motifs is 2. The minimum atomic E-state index is -0.417. The number of aromatic nitrogens is 2.